The van der Waals surface area contributed by atoms with Crippen LogP contribution in [-0.4, -0.2) is 0 Å². The Morgan fingerprint density at radius 3 is 1.92 bits per heavy atom. The Labute approximate surface area is 143 Å². The monoisotopic (exact) mass is 317 g/mol. The third-order valence-electron chi connectivity index (χ3n) is 3.96. The quantitative estimate of drug-likeness (QED) is 0.723. The van der Waals surface area contributed by atoms with Gasteiger partial charge in [-0.3, -0.25) is 0 Å². The van der Waals surface area contributed by atoms with Crippen LogP contribution in [0.15, 0.2) is 95.6 Å². The first-order valence-corrected chi connectivity index (χ1v) is 8.21. The maximum absolute atomic E-state index is 3.54. The zero-order valence-corrected chi connectivity index (χ0v) is 14.1. The maximum atomic E-state index is 3.54. The Bertz CT molecular complexity index is 771. The van der Waals surface area contributed by atoms with E-state index in [1.54, 1.807) is 0 Å². The standard InChI is InChI=1S/C21H23N3/c1-16(22-18-10-5-3-6-11-18)20-14-9-15-21(24-20)17(2)23-19-12-7-4-8-13-19/h3-14,22-24H,15H2,1-2H3. The fourth-order valence-electron chi connectivity index (χ4n) is 2.63. The summed E-state index contributed by atoms with van der Waals surface area (Å²) >= 11 is 0. The van der Waals surface area contributed by atoms with Gasteiger partial charge >= 0.3 is 0 Å². The van der Waals surface area contributed by atoms with E-state index >= 15 is 0 Å². The molecule has 0 fully saturated rings. The molecule has 0 saturated carbocycles. The van der Waals surface area contributed by atoms with Gasteiger partial charge in [0.1, 0.15) is 0 Å². The molecule has 0 bridgehead atoms. The lowest BCUT2D eigenvalue weighted by Crippen LogP contribution is -2.21. The lowest BCUT2D eigenvalue weighted by Gasteiger charge is -2.21. The summed E-state index contributed by atoms with van der Waals surface area (Å²) in [4.78, 5) is 0. The van der Waals surface area contributed by atoms with Gasteiger partial charge in [0.15, 0.2) is 0 Å². The molecule has 122 valence electrons. The van der Waals surface area contributed by atoms with Crippen molar-refractivity contribution in [2.24, 2.45) is 0 Å². The van der Waals surface area contributed by atoms with Crippen LogP contribution >= 0.6 is 0 Å². The summed E-state index contributed by atoms with van der Waals surface area (Å²) in [7, 11) is 0. The molecular formula is C21H23N3. The van der Waals surface area contributed by atoms with Crippen molar-refractivity contribution in [3.63, 3.8) is 0 Å². The molecule has 0 saturated heterocycles. The van der Waals surface area contributed by atoms with Gasteiger partial charge in [-0.15, -0.1) is 0 Å². The number of rotatable bonds is 4. The Morgan fingerprint density at radius 2 is 1.33 bits per heavy atom. The highest BCUT2D eigenvalue weighted by molar-refractivity contribution is 5.52. The van der Waals surface area contributed by atoms with Crippen molar-refractivity contribution in [1.82, 2.24) is 5.32 Å². The molecule has 0 aliphatic carbocycles. The Kier molecular flexibility index (Phi) is 5.02. The molecule has 3 rings (SSSR count). The molecule has 1 aliphatic rings. The first-order valence-electron chi connectivity index (χ1n) is 8.21. The lowest BCUT2D eigenvalue weighted by molar-refractivity contribution is 0.882. The third-order valence-corrected chi connectivity index (χ3v) is 3.96. The molecule has 3 nitrogen and oxygen atoms in total. The average molecular weight is 317 g/mol. The van der Waals surface area contributed by atoms with Gasteiger partial charge in [-0.05, 0) is 44.2 Å². The predicted octanol–water partition coefficient (Wildman–Crippen LogP) is 5.22. The highest BCUT2D eigenvalue weighted by Gasteiger charge is 2.10. The van der Waals surface area contributed by atoms with E-state index in [9.17, 15) is 0 Å². The second-order valence-corrected chi connectivity index (χ2v) is 5.86. The van der Waals surface area contributed by atoms with Gasteiger partial charge < -0.3 is 16.0 Å². The molecule has 3 heteroatoms. The van der Waals surface area contributed by atoms with Crippen LogP contribution in [0.2, 0.25) is 0 Å². The Balaban J connectivity index is 1.76. The van der Waals surface area contributed by atoms with Crippen LogP contribution in [0.1, 0.15) is 20.3 Å². The predicted molar refractivity (Wildman–Crippen MR) is 102 cm³/mol. The fraction of sp³-hybridized carbons (Fsp3) is 0.143. The van der Waals surface area contributed by atoms with Crippen LogP contribution in [0, 0.1) is 0 Å². The van der Waals surface area contributed by atoms with Gasteiger partial charge in [-0.25, -0.2) is 0 Å². The van der Waals surface area contributed by atoms with Crippen molar-refractivity contribution in [2.75, 3.05) is 10.6 Å². The largest absolute Gasteiger partial charge is 0.358 e. The molecule has 0 unspecified atom stereocenters. The van der Waals surface area contributed by atoms with Crippen molar-refractivity contribution in [1.29, 1.82) is 0 Å². The topological polar surface area (TPSA) is 36.1 Å². The van der Waals surface area contributed by atoms with Crippen LogP contribution in [0.5, 0.6) is 0 Å². The number of para-hydroxylation sites is 2. The smallest absolute Gasteiger partial charge is 0.0572 e. The fourth-order valence-corrected chi connectivity index (χ4v) is 2.63. The molecule has 0 spiro atoms. The molecule has 3 N–H and O–H groups in total. The van der Waals surface area contributed by atoms with Crippen molar-refractivity contribution in [3.05, 3.63) is 95.6 Å². The molecule has 2 aromatic carbocycles. The van der Waals surface area contributed by atoms with Gasteiger partial charge in [0, 0.05) is 34.9 Å². The maximum Gasteiger partial charge on any atom is 0.0572 e. The van der Waals surface area contributed by atoms with Crippen molar-refractivity contribution in [3.8, 4) is 0 Å². The zero-order chi connectivity index (χ0) is 16.8. The molecule has 0 atom stereocenters. The van der Waals surface area contributed by atoms with Crippen LogP contribution in [0.4, 0.5) is 11.4 Å². The third kappa shape index (κ3) is 4.07. The summed E-state index contributed by atoms with van der Waals surface area (Å²) < 4.78 is 0. The first kappa shape index (κ1) is 15.9. The summed E-state index contributed by atoms with van der Waals surface area (Å²) in [6.07, 6.45) is 5.21. The summed E-state index contributed by atoms with van der Waals surface area (Å²) in [5.41, 5.74) is 6.70. The second kappa shape index (κ2) is 7.55. The first-order chi connectivity index (χ1) is 11.7. The molecule has 0 amide bonds. The van der Waals surface area contributed by atoms with Crippen molar-refractivity contribution in [2.45, 2.75) is 20.3 Å². The zero-order valence-electron chi connectivity index (χ0n) is 14.1. The summed E-state index contributed by atoms with van der Waals surface area (Å²) in [6.45, 7) is 4.19. The van der Waals surface area contributed by atoms with Crippen molar-refractivity contribution < 1.29 is 0 Å². The number of benzene rings is 2. The molecule has 1 aliphatic heterocycles. The summed E-state index contributed by atoms with van der Waals surface area (Å²) in [5, 5.41) is 10.4. The highest BCUT2D eigenvalue weighted by atomic mass is 15.0. The van der Waals surface area contributed by atoms with E-state index in [2.05, 4.69) is 66.2 Å². The van der Waals surface area contributed by atoms with E-state index in [-0.39, 0.29) is 0 Å². The average Bonchev–Trinajstić information content (AvgIpc) is 2.63. The molecule has 24 heavy (non-hydrogen) atoms. The second-order valence-electron chi connectivity index (χ2n) is 5.86. The number of hydrogen-bond donors (Lipinski definition) is 3. The summed E-state index contributed by atoms with van der Waals surface area (Å²) in [6, 6.07) is 20.4. The summed E-state index contributed by atoms with van der Waals surface area (Å²) in [5.74, 6) is 0. The lowest BCUT2D eigenvalue weighted by atomic mass is 10.1. The SMILES string of the molecule is CC(Nc1ccccc1)=C1C=CCC(=C(C)Nc2ccccc2)N1. The van der Waals surface area contributed by atoms with Crippen LogP contribution in [0.3, 0.4) is 0 Å². The van der Waals surface area contributed by atoms with E-state index in [1.165, 1.54) is 5.70 Å². The minimum Gasteiger partial charge on any atom is -0.358 e. The Morgan fingerprint density at radius 1 is 0.792 bits per heavy atom. The number of anilines is 2. The van der Waals surface area contributed by atoms with Crippen molar-refractivity contribution >= 4 is 11.4 Å². The molecule has 0 aromatic heterocycles. The minimum absolute atomic E-state index is 0.897. The van der Waals surface area contributed by atoms with Gasteiger partial charge in [-0.2, -0.15) is 0 Å². The van der Waals surface area contributed by atoms with E-state index in [0.29, 0.717) is 0 Å². The number of hydrogen-bond acceptors (Lipinski definition) is 3. The number of allylic oxidation sites excluding steroid dienone is 4. The molecular weight excluding hydrogens is 294 g/mol. The van der Waals surface area contributed by atoms with E-state index in [1.807, 2.05) is 36.4 Å². The highest BCUT2D eigenvalue weighted by Crippen LogP contribution is 2.20. The Hall–Kier alpha value is -2.94. The van der Waals surface area contributed by atoms with E-state index in [4.69, 9.17) is 0 Å². The normalized spacial score (nSPS) is 17.8. The molecule has 1 heterocycles. The van der Waals surface area contributed by atoms with E-state index in [0.717, 1.165) is 34.9 Å². The van der Waals surface area contributed by atoms with Crippen LogP contribution in [0.25, 0.3) is 0 Å². The molecule has 0 radical (unpaired) electrons. The van der Waals surface area contributed by atoms with Gasteiger partial charge in [-0.1, -0.05) is 42.5 Å². The number of nitrogens with one attached hydrogen (secondary N) is 3. The van der Waals surface area contributed by atoms with E-state index < -0.39 is 0 Å². The molecule has 2 aromatic rings. The van der Waals surface area contributed by atoms with Crippen LogP contribution in [-0.2, 0) is 0 Å². The van der Waals surface area contributed by atoms with Gasteiger partial charge in [0.05, 0.1) is 5.70 Å². The van der Waals surface area contributed by atoms with Gasteiger partial charge in [0.25, 0.3) is 0 Å². The minimum atomic E-state index is 0.897. The van der Waals surface area contributed by atoms with Gasteiger partial charge in [0.2, 0.25) is 0 Å². The van der Waals surface area contributed by atoms with Crippen LogP contribution < -0.4 is 16.0 Å².